The normalized spacial score (nSPS) is 10.7. The summed E-state index contributed by atoms with van der Waals surface area (Å²) >= 11 is 0. The number of aromatic nitrogens is 2. The molecule has 0 radical (unpaired) electrons. The molecule has 2 rings (SSSR count). The van der Waals surface area contributed by atoms with Gasteiger partial charge in [0.2, 0.25) is 5.91 Å². The minimum Gasteiger partial charge on any atom is -0.493 e. The maximum absolute atomic E-state index is 12.6. The number of aryl methyl sites for hydroxylation is 2. The summed E-state index contributed by atoms with van der Waals surface area (Å²) in [4.78, 5) is 27.1. The summed E-state index contributed by atoms with van der Waals surface area (Å²) < 4.78 is 12.4. The van der Waals surface area contributed by atoms with Gasteiger partial charge in [-0.25, -0.2) is 0 Å². The summed E-state index contributed by atoms with van der Waals surface area (Å²) in [5, 5.41) is 9.92. The fourth-order valence-electron chi connectivity index (χ4n) is 2.87. The molecule has 0 saturated carbocycles. The second-order valence-electron chi connectivity index (χ2n) is 6.96. The average molecular weight is 403 g/mol. The monoisotopic (exact) mass is 403 g/mol. The van der Waals surface area contributed by atoms with Gasteiger partial charge in [0.25, 0.3) is 5.91 Å². The molecule has 0 saturated heterocycles. The highest BCUT2D eigenvalue weighted by Gasteiger charge is 2.19. The first-order valence-electron chi connectivity index (χ1n) is 9.23. The van der Waals surface area contributed by atoms with Crippen LogP contribution in [0.15, 0.2) is 18.3 Å². The average Bonchev–Trinajstić information content (AvgIpc) is 2.97. The Hall–Kier alpha value is -3.07. The van der Waals surface area contributed by atoms with Crippen LogP contribution >= 0.6 is 0 Å². The number of nitrogens with one attached hydrogen (secondary N) is 2. The van der Waals surface area contributed by atoms with E-state index < -0.39 is 0 Å². The third kappa shape index (κ3) is 5.95. The zero-order valence-electron chi connectivity index (χ0n) is 17.8. The van der Waals surface area contributed by atoms with Crippen molar-refractivity contribution < 1.29 is 19.1 Å². The Kier molecular flexibility index (Phi) is 7.60. The lowest BCUT2D eigenvalue weighted by molar-refractivity contribution is -0.115. The van der Waals surface area contributed by atoms with E-state index in [-0.39, 0.29) is 18.2 Å². The van der Waals surface area contributed by atoms with Crippen LogP contribution in [0, 0.1) is 6.92 Å². The number of carbonyl (C=O) groups is 2. The summed E-state index contributed by atoms with van der Waals surface area (Å²) in [6.07, 6.45) is 1.96. The van der Waals surface area contributed by atoms with Crippen LogP contribution in [-0.2, 0) is 18.3 Å². The van der Waals surface area contributed by atoms with Gasteiger partial charge in [-0.2, -0.15) is 5.10 Å². The summed E-state index contributed by atoms with van der Waals surface area (Å²) in [5.74, 6) is 0.215. The molecule has 0 aliphatic heterocycles. The third-order valence-corrected chi connectivity index (χ3v) is 4.33. The number of nitrogens with zero attached hydrogens (tertiary/aromatic N) is 3. The van der Waals surface area contributed by atoms with Gasteiger partial charge < -0.3 is 25.0 Å². The molecule has 2 amide bonds. The highest BCUT2D eigenvalue weighted by atomic mass is 16.5. The first kappa shape index (κ1) is 22.2. The lowest BCUT2D eigenvalue weighted by atomic mass is 10.1. The molecule has 0 unspecified atom stereocenters. The second-order valence-corrected chi connectivity index (χ2v) is 6.96. The van der Waals surface area contributed by atoms with Gasteiger partial charge >= 0.3 is 0 Å². The molecule has 1 aromatic carbocycles. The predicted octanol–water partition coefficient (Wildman–Crippen LogP) is 1.22. The molecule has 9 nitrogen and oxygen atoms in total. The number of ether oxygens (including phenoxy) is 2. The molecule has 2 aromatic rings. The van der Waals surface area contributed by atoms with Gasteiger partial charge in [-0.05, 0) is 33.2 Å². The number of likely N-dealkylation sites (N-methyl/N-ethyl adjacent to an activating group) is 1. The number of hydrogen-bond acceptors (Lipinski definition) is 6. The fraction of sp³-hybridized carbons (Fsp3) is 0.450. The topological polar surface area (TPSA) is 97.7 Å². The number of amides is 2. The highest BCUT2D eigenvalue weighted by molar-refractivity contribution is 5.99. The molecule has 0 atom stereocenters. The Labute approximate surface area is 171 Å². The van der Waals surface area contributed by atoms with Crippen molar-refractivity contribution in [2.75, 3.05) is 46.7 Å². The Morgan fingerprint density at radius 3 is 2.48 bits per heavy atom. The van der Waals surface area contributed by atoms with Crippen LogP contribution in [0.5, 0.6) is 11.5 Å². The van der Waals surface area contributed by atoms with Crippen molar-refractivity contribution in [2.24, 2.45) is 7.05 Å². The molecular weight excluding hydrogens is 374 g/mol. The first-order valence-corrected chi connectivity index (χ1v) is 9.23. The van der Waals surface area contributed by atoms with E-state index in [4.69, 9.17) is 9.47 Å². The van der Waals surface area contributed by atoms with Crippen LogP contribution < -0.4 is 20.1 Å². The molecule has 0 aliphatic carbocycles. The molecule has 0 aliphatic rings. The second kappa shape index (κ2) is 9.92. The van der Waals surface area contributed by atoms with E-state index in [2.05, 4.69) is 15.7 Å². The SMILES string of the molecule is COc1cc(C(=O)NCCN(C)C)cc(NC(=O)Cc2cn(C)nc2C)c1OC. The lowest BCUT2D eigenvalue weighted by Crippen LogP contribution is -2.31. The van der Waals surface area contributed by atoms with E-state index in [1.54, 1.807) is 30.1 Å². The van der Waals surface area contributed by atoms with Crippen LogP contribution in [0.3, 0.4) is 0 Å². The molecule has 1 aromatic heterocycles. The molecular formula is C20H29N5O4. The largest absolute Gasteiger partial charge is 0.493 e. The third-order valence-electron chi connectivity index (χ3n) is 4.33. The standard InChI is InChI=1S/C20H29N5O4/c1-13-15(12-25(4)23-13)11-18(26)22-16-9-14(10-17(28-5)19(16)29-6)20(27)21-7-8-24(2)3/h9-10,12H,7-8,11H2,1-6H3,(H,21,27)(H,22,26). The highest BCUT2D eigenvalue weighted by Crippen LogP contribution is 2.36. The quantitative estimate of drug-likeness (QED) is 0.653. The van der Waals surface area contributed by atoms with Crippen molar-refractivity contribution in [2.45, 2.75) is 13.3 Å². The van der Waals surface area contributed by atoms with Crippen molar-refractivity contribution >= 4 is 17.5 Å². The molecule has 0 bridgehead atoms. The number of carbonyl (C=O) groups excluding carboxylic acids is 2. The number of rotatable bonds is 9. The van der Waals surface area contributed by atoms with Gasteiger partial charge in [0.1, 0.15) is 0 Å². The molecule has 9 heteroatoms. The molecule has 0 fully saturated rings. The summed E-state index contributed by atoms with van der Waals surface area (Å²) in [7, 11) is 8.63. The van der Waals surface area contributed by atoms with E-state index in [9.17, 15) is 9.59 Å². The van der Waals surface area contributed by atoms with Gasteiger partial charge in [0.05, 0.1) is 32.0 Å². The Morgan fingerprint density at radius 1 is 1.21 bits per heavy atom. The van der Waals surface area contributed by atoms with Crippen LogP contribution in [0.1, 0.15) is 21.6 Å². The minimum atomic E-state index is -0.258. The summed E-state index contributed by atoms with van der Waals surface area (Å²) in [6, 6.07) is 3.17. The molecule has 158 valence electrons. The number of methoxy groups -OCH3 is 2. The zero-order valence-corrected chi connectivity index (χ0v) is 17.8. The van der Waals surface area contributed by atoms with Crippen LogP contribution in [0.25, 0.3) is 0 Å². The number of anilines is 1. The summed E-state index contributed by atoms with van der Waals surface area (Å²) in [5.41, 5.74) is 2.36. The molecule has 29 heavy (non-hydrogen) atoms. The fourth-order valence-corrected chi connectivity index (χ4v) is 2.87. The van der Waals surface area contributed by atoms with Crippen molar-refractivity contribution in [1.29, 1.82) is 0 Å². The van der Waals surface area contributed by atoms with Crippen molar-refractivity contribution in [3.8, 4) is 11.5 Å². The minimum absolute atomic E-state index is 0.157. The van der Waals surface area contributed by atoms with Gasteiger partial charge in [-0.3, -0.25) is 14.3 Å². The van der Waals surface area contributed by atoms with Gasteiger partial charge in [0.15, 0.2) is 11.5 Å². The summed E-state index contributed by atoms with van der Waals surface area (Å²) in [6.45, 7) is 3.07. The van der Waals surface area contributed by atoms with Crippen LogP contribution in [0.2, 0.25) is 0 Å². The Bertz CT molecular complexity index is 876. The number of benzene rings is 1. The van der Waals surface area contributed by atoms with E-state index in [0.29, 0.717) is 35.8 Å². The number of hydrogen-bond donors (Lipinski definition) is 2. The van der Waals surface area contributed by atoms with E-state index >= 15 is 0 Å². The zero-order chi connectivity index (χ0) is 21.6. The van der Waals surface area contributed by atoms with E-state index in [1.807, 2.05) is 25.9 Å². The smallest absolute Gasteiger partial charge is 0.251 e. The van der Waals surface area contributed by atoms with Crippen LogP contribution in [-0.4, -0.2) is 67.9 Å². The van der Waals surface area contributed by atoms with Crippen molar-refractivity contribution in [3.05, 3.63) is 35.2 Å². The Balaban J connectivity index is 2.23. The molecule has 2 N–H and O–H groups in total. The molecule has 1 heterocycles. The van der Waals surface area contributed by atoms with E-state index in [0.717, 1.165) is 11.3 Å². The van der Waals surface area contributed by atoms with Crippen molar-refractivity contribution in [3.63, 3.8) is 0 Å². The first-order chi connectivity index (χ1) is 13.7. The Morgan fingerprint density at radius 2 is 1.93 bits per heavy atom. The predicted molar refractivity (Wildman–Crippen MR) is 111 cm³/mol. The van der Waals surface area contributed by atoms with Crippen molar-refractivity contribution in [1.82, 2.24) is 20.0 Å². The molecule has 0 spiro atoms. The lowest BCUT2D eigenvalue weighted by Gasteiger charge is -2.16. The van der Waals surface area contributed by atoms with Gasteiger partial charge in [0, 0.05) is 37.5 Å². The van der Waals surface area contributed by atoms with E-state index in [1.165, 1.54) is 14.2 Å². The maximum atomic E-state index is 12.6. The maximum Gasteiger partial charge on any atom is 0.251 e. The van der Waals surface area contributed by atoms with Gasteiger partial charge in [-0.1, -0.05) is 0 Å². The van der Waals surface area contributed by atoms with Crippen LogP contribution in [0.4, 0.5) is 5.69 Å². The van der Waals surface area contributed by atoms with Gasteiger partial charge in [-0.15, -0.1) is 0 Å².